The van der Waals surface area contributed by atoms with Crippen molar-refractivity contribution >= 4 is 28.3 Å². The van der Waals surface area contributed by atoms with Crippen molar-refractivity contribution in [2.75, 3.05) is 18.1 Å². The zero-order valence-electron chi connectivity index (χ0n) is 15.1. The number of ether oxygens (including phenoxy) is 1. The normalized spacial score (nSPS) is 10.6. The van der Waals surface area contributed by atoms with Crippen LogP contribution in [-0.2, 0) is 16.0 Å². The molecular formula is C22H21NO4. The lowest BCUT2D eigenvalue weighted by Crippen LogP contribution is -2.34. The molecule has 0 aliphatic rings. The van der Waals surface area contributed by atoms with Crippen LogP contribution in [0.1, 0.15) is 12.5 Å². The molecule has 0 saturated carbocycles. The van der Waals surface area contributed by atoms with Gasteiger partial charge in [0, 0.05) is 11.9 Å². The summed E-state index contributed by atoms with van der Waals surface area (Å²) in [5.74, 6) is -0.484. The highest BCUT2D eigenvalue weighted by molar-refractivity contribution is 6.04. The fourth-order valence-electron chi connectivity index (χ4n) is 3.03. The molecule has 0 atom stereocenters. The van der Waals surface area contributed by atoms with E-state index in [4.69, 9.17) is 9.84 Å². The third-order valence-corrected chi connectivity index (χ3v) is 4.32. The zero-order valence-corrected chi connectivity index (χ0v) is 15.1. The first-order valence-corrected chi connectivity index (χ1v) is 8.80. The van der Waals surface area contributed by atoms with Crippen molar-refractivity contribution in [3.8, 4) is 5.75 Å². The monoisotopic (exact) mass is 363 g/mol. The van der Waals surface area contributed by atoms with Crippen LogP contribution < -0.4 is 9.64 Å². The molecule has 1 amide bonds. The Kier molecular flexibility index (Phi) is 5.71. The topological polar surface area (TPSA) is 66.8 Å². The Morgan fingerprint density at radius 1 is 0.963 bits per heavy atom. The van der Waals surface area contributed by atoms with Crippen LogP contribution in [0.4, 0.5) is 5.69 Å². The zero-order chi connectivity index (χ0) is 19.2. The molecular weight excluding hydrogens is 342 g/mol. The summed E-state index contributed by atoms with van der Waals surface area (Å²) in [6.45, 7) is 2.38. The van der Waals surface area contributed by atoms with E-state index in [-0.39, 0.29) is 18.9 Å². The van der Waals surface area contributed by atoms with Gasteiger partial charge in [-0.1, -0.05) is 48.5 Å². The first-order valence-electron chi connectivity index (χ1n) is 8.80. The van der Waals surface area contributed by atoms with Crippen LogP contribution in [-0.4, -0.2) is 30.1 Å². The van der Waals surface area contributed by atoms with E-state index in [1.807, 2.05) is 49.4 Å². The highest BCUT2D eigenvalue weighted by Gasteiger charge is 2.16. The summed E-state index contributed by atoms with van der Waals surface area (Å²) in [5.41, 5.74) is 1.55. The Bertz CT molecular complexity index is 945. The maximum atomic E-state index is 12.7. The van der Waals surface area contributed by atoms with Gasteiger partial charge in [0.05, 0.1) is 12.1 Å². The molecule has 0 heterocycles. The summed E-state index contributed by atoms with van der Waals surface area (Å²) in [7, 11) is 0. The van der Waals surface area contributed by atoms with E-state index in [0.717, 1.165) is 16.5 Å². The predicted octanol–water partition coefficient (Wildman–Crippen LogP) is 3.90. The Morgan fingerprint density at radius 2 is 1.67 bits per heavy atom. The minimum absolute atomic E-state index is 0.0378. The molecule has 3 aromatic carbocycles. The average Bonchev–Trinajstić information content (AvgIpc) is 2.68. The molecule has 0 radical (unpaired) electrons. The van der Waals surface area contributed by atoms with E-state index in [2.05, 4.69) is 0 Å². The van der Waals surface area contributed by atoms with Crippen LogP contribution in [0.25, 0.3) is 10.8 Å². The van der Waals surface area contributed by atoms with Gasteiger partial charge in [-0.25, -0.2) is 0 Å². The number of benzene rings is 3. The number of anilines is 1. The smallest absolute Gasteiger partial charge is 0.307 e. The Labute approximate surface area is 157 Å². The van der Waals surface area contributed by atoms with Crippen LogP contribution in [0.5, 0.6) is 5.75 Å². The summed E-state index contributed by atoms with van der Waals surface area (Å²) >= 11 is 0. The molecule has 0 aliphatic heterocycles. The van der Waals surface area contributed by atoms with Gasteiger partial charge in [-0.15, -0.1) is 0 Å². The van der Waals surface area contributed by atoms with E-state index in [1.165, 1.54) is 0 Å². The molecule has 0 aromatic heterocycles. The molecule has 1 N–H and O–H groups in total. The molecule has 5 heteroatoms. The highest BCUT2D eigenvalue weighted by atomic mass is 16.5. The van der Waals surface area contributed by atoms with Crippen LogP contribution in [0.15, 0.2) is 66.7 Å². The van der Waals surface area contributed by atoms with Gasteiger partial charge in [0.1, 0.15) is 5.75 Å². The molecule has 0 spiro atoms. The fraction of sp³-hybridized carbons (Fsp3) is 0.182. The second-order valence-electron chi connectivity index (χ2n) is 6.14. The molecule has 5 nitrogen and oxygen atoms in total. The maximum Gasteiger partial charge on any atom is 0.307 e. The minimum Gasteiger partial charge on any atom is -0.484 e. The average molecular weight is 363 g/mol. The third kappa shape index (κ3) is 4.44. The van der Waals surface area contributed by atoms with Crippen molar-refractivity contribution in [2.45, 2.75) is 13.3 Å². The maximum absolute atomic E-state index is 12.7. The van der Waals surface area contributed by atoms with Crippen LogP contribution >= 0.6 is 0 Å². The number of amides is 1. The number of hydrogen-bond acceptors (Lipinski definition) is 3. The molecule has 0 aliphatic carbocycles. The van der Waals surface area contributed by atoms with Crippen molar-refractivity contribution in [3.63, 3.8) is 0 Å². The van der Waals surface area contributed by atoms with Gasteiger partial charge >= 0.3 is 5.97 Å². The first kappa shape index (κ1) is 18.5. The Balaban J connectivity index is 1.71. The summed E-state index contributed by atoms with van der Waals surface area (Å²) in [6, 6.07) is 20.6. The lowest BCUT2D eigenvalue weighted by molar-refractivity contribution is -0.136. The largest absolute Gasteiger partial charge is 0.484 e. The molecule has 0 fully saturated rings. The molecule has 3 aromatic rings. The third-order valence-electron chi connectivity index (χ3n) is 4.32. The number of aliphatic carboxylic acids is 1. The van der Waals surface area contributed by atoms with Crippen LogP contribution in [0.2, 0.25) is 0 Å². The molecule has 138 valence electrons. The molecule has 3 rings (SSSR count). The predicted molar refractivity (Wildman–Crippen MR) is 105 cm³/mol. The summed E-state index contributed by atoms with van der Waals surface area (Å²) in [5, 5.41) is 10.9. The van der Waals surface area contributed by atoms with E-state index in [1.54, 1.807) is 29.2 Å². The van der Waals surface area contributed by atoms with Crippen molar-refractivity contribution in [1.82, 2.24) is 0 Å². The first-order chi connectivity index (χ1) is 13.1. The number of carbonyl (C=O) groups is 2. The number of fused-ring (bicyclic) bond motifs is 1. The molecule has 0 bridgehead atoms. The number of carboxylic acid groups (broad SMARTS) is 1. The van der Waals surface area contributed by atoms with Gasteiger partial charge in [-0.3, -0.25) is 9.59 Å². The van der Waals surface area contributed by atoms with E-state index in [0.29, 0.717) is 17.9 Å². The van der Waals surface area contributed by atoms with Crippen molar-refractivity contribution in [1.29, 1.82) is 0 Å². The van der Waals surface area contributed by atoms with Crippen molar-refractivity contribution in [2.24, 2.45) is 0 Å². The minimum atomic E-state index is -0.882. The van der Waals surface area contributed by atoms with E-state index < -0.39 is 5.97 Å². The number of carboxylic acids is 1. The van der Waals surface area contributed by atoms with Gasteiger partial charge in [0.2, 0.25) is 0 Å². The fourth-order valence-corrected chi connectivity index (χ4v) is 3.03. The summed E-state index contributed by atoms with van der Waals surface area (Å²) < 4.78 is 5.61. The number of nitrogens with zero attached hydrogens (tertiary/aromatic N) is 1. The van der Waals surface area contributed by atoms with Gasteiger partial charge in [0.25, 0.3) is 5.91 Å². The summed E-state index contributed by atoms with van der Waals surface area (Å²) in [6.07, 6.45) is -0.0378. The van der Waals surface area contributed by atoms with Gasteiger partial charge < -0.3 is 14.7 Å². The van der Waals surface area contributed by atoms with Gasteiger partial charge in [-0.2, -0.15) is 0 Å². The lowest BCUT2D eigenvalue weighted by Gasteiger charge is -2.23. The number of hydrogen-bond donors (Lipinski definition) is 1. The number of likely N-dealkylation sites (N-methyl/N-ethyl adjacent to an activating group) is 1. The van der Waals surface area contributed by atoms with E-state index >= 15 is 0 Å². The standard InChI is InChI=1S/C22H21NO4/c1-2-23(20-9-5-7-17-6-3-4-8-19(17)20)21(24)15-27-18-12-10-16(11-13-18)14-22(25)26/h3-13H,2,14-15H2,1H3,(H,25,26). The van der Waals surface area contributed by atoms with E-state index in [9.17, 15) is 9.59 Å². The SMILES string of the molecule is CCN(C(=O)COc1ccc(CC(=O)O)cc1)c1cccc2ccccc12. The van der Waals surface area contributed by atoms with Crippen LogP contribution in [0, 0.1) is 0 Å². The second-order valence-corrected chi connectivity index (χ2v) is 6.14. The Morgan fingerprint density at radius 3 is 2.37 bits per heavy atom. The molecule has 0 unspecified atom stereocenters. The Hall–Kier alpha value is -3.34. The summed E-state index contributed by atoms with van der Waals surface area (Å²) in [4.78, 5) is 25.2. The quantitative estimate of drug-likeness (QED) is 0.691. The van der Waals surface area contributed by atoms with Gasteiger partial charge in [0.15, 0.2) is 6.61 Å². The molecule has 27 heavy (non-hydrogen) atoms. The van der Waals surface area contributed by atoms with Crippen molar-refractivity contribution < 1.29 is 19.4 Å². The van der Waals surface area contributed by atoms with Gasteiger partial charge in [-0.05, 0) is 36.1 Å². The highest BCUT2D eigenvalue weighted by Crippen LogP contribution is 2.26. The second kappa shape index (κ2) is 8.36. The van der Waals surface area contributed by atoms with Crippen LogP contribution in [0.3, 0.4) is 0 Å². The molecule has 0 saturated heterocycles. The van der Waals surface area contributed by atoms with Crippen molar-refractivity contribution in [3.05, 3.63) is 72.3 Å². The number of rotatable bonds is 7. The lowest BCUT2D eigenvalue weighted by atomic mass is 10.1. The number of carbonyl (C=O) groups excluding carboxylic acids is 1.